The summed E-state index contributed by atoms with van der Waals surface area (Å²) in [5, 5.41) is 3.04. The molecule has 1 fully saturated rings. The van der Waals surface area contributed by atoms with Gasteiger partial charge in [0.05, 0.1) is 18.3 Å². The van der Waals surface area contributed by atoms with Gasteiger partial charge >= 0.3 is 0 Å². The van der Waals surface area contributed by atoms with Crippen molar-refractivity contribution in [2.24, 2.45) is 0 Å². The summed E-state index contributed by atoms with van der Waals surface area (Å²) >= 11 is 1.73. The molecule has 0 spiro atoms. The highest BCUT2D eigenvalue weighted by molar-refractivity contribution is 8.00. The van der Waals surface area contributed by atoms with E-state index in [1.54, 1.807) is 11.8 Å². The van der Waals surface area contributed by atoms with E-state index in [1.807, 2.05) is 7.05 Å². The molecule has 0 radical (unpaired) electrons. The first-order valence-corrected chi connectivity index (χ1v) is 8.11. The fourth-order valence-electron chi connectivity index (χ4n) is 2.12. The standard InChI is InChI=1S/C15H27N3OS/c1-15(2,14(13-19)16-3)20-12-6-5-7-18-10-8-17(4)9-11-18/h13-14,16H,7-12H2,1-4H3/t14-/m1/s1. The highest BCUT2D eigenvalue weighted by Gasteiger charge is 2.27. The Hall–Kier alpha value is -0.540. The summed E-state index contributed by atoms with van der Waals surface area (Å²) in [5.41, 5.74) is 0. The molecule has 1 saturated heterocycles. The largest absolute Gasteiger partial charge is 0.310 e. The van der Waals surface area contributed by atoms with E-state index in [1.165, 1.54) is 0 Å². The molecule has 0 aromatic carbocycles. The molecule has 0 amide bonds. The Bertz CT molecular complexity index is 354. The summed E-state index contributed by atoms with van der Waals surface area (Å²) in [6.45, 7) is 9.50. The van der Waals surface area contributed by atoms with Gasteiger partial charge < -0.3 is 15.0 Å². The minimum atomic E-state index is -0.132. The first-order chi connectivity index (χ1) is 9.49. The Morgan fingerprint density at radius 2 is 1.95 bits per heavy atom. The quantitative estimate of drug-likeness (QED) is 0.572. The number of nitrogens with zero attached hydrogens (tertiary/aromatic N) is 2. The van der Waals surface area contributed by atoms with Crippen LogP contribution in [0.5, 0.6) is 0 Å². The van der Waals surface area contributed by atoms with Gasteiger partial charge in [0.25, 0.3) is 0 Å². The minimum absolute atomic E-state index is 0.126. The van der Waals surface area contributed by atoms with E-state index in [0.717, 1.165) is 44.8 Å². The SMILES string of the molecule is CN[C@H](C=O)C(C)(C)SCC#CCN1CCN(C)CC1. The fraction of sp³-hybridized carbons (Fsp3) is 0.800. The summed E-state index contributed by atoms with van der Waals surface area (Å²) in [5.74, 6) is 7.23. The molecule has 1 heterocycles. The number of carbonyl (C=O) groups excluding carboxylic acids is 1. The van der Waals surface area contributed by atoms with Crippen LogP contribution in [-0.4, -0.2) is 79.4 Å². The van der Waals surface area contributed by atoms with E-state index in [4.69, 9.17) is 0 Å². The summed E-state index contributed by atoms with van der Waals surface area (Å²) in [7, 11) is 3.98. The van der Waals surface area contributed by atoms with Gasteiger partial charge in [-0.15, -0.1) is 11.8 Å². The second-order valence-corrected chi connectivity index (χ2v) is 7.36. The third kappa shape index (κ3) is 5.84. The molecule has 0 unspecified atom stereocenters. The van der Waals surface area contributed by atoms with Crippen molar-refractivity contribution in [2.45, 2.75) is 24.6 Å². The monoisotopic (exact) mass is 297 g/mol. The zero-order chi connectivity index (χ0) is 15.0. The zero-order valence-electron chi connectivity index (χ0n) is 13.1. The molecule has 0 aromatic heterocycles. The minimum Gasteiger partial charge on any atom is -0.310 e. The van der Waals surface area contributed by atoms with E-state index >= 15 is 0 Å². The number of piperazine rings is 1. The zero-order valence-corrected chi connectivity index (χ0v) is 13.9. The number of thioether (sulfide) groups is 1. The topological polar surface area (TPSA) is 35.6 Å². The van der Waals surface area contributed by atoms with Crippen LogP contribution >= 0.6 is 11.8 Å². The second-order valence-electron chi connectivity index (χ2n) is 5.73. The van der Waals surface area contributed by atoms with Gasteiger partial charge in [-0.25, -0.2) is 0 Å². The lowest BCUT2D eigenvalue weighted by Gasteiger charge is -2.30. The molecule has 20 heavy (non-hydrogen) atoms. The van der Waals surface area contributed by atoms with Gasteiger partial charge in [-0.05, 0) is 27.9 Å². The first-order valence-electron chi connectivity index (χ1n) is 7.12. The van der Waals surface area contributed by atoms with Crippen LogP contribution in [0.25, 0.3) is 0 Å². The smallest absolute Gasteiger partial charge is 0.138 e. The van der Waals surface area contributed by atoms with E-state index in [-0.39, 0.29) is 10.8 Å². The van der Waals surface area contributed by atoms with E-state index < -0.39 is 0 Å². The maximum Gasteiger partial charge on any atom is 0.138 e. The molecule has 1 aliphatic heterocycles. The highest BCUT2D eigenvalue weighted by Crippen LogP contribution is 2.26. The van der Waals surface area contributed by atoms with Crippen molar-refractivity contribution in [1.29, 1.82) is 0 Å². The lowest BCUT2D eigenvalue weighted by molar-refractivity contribution is -0.109. The van der Waals surface area contributed by atoms with Crippen molar-refractivity contribution in [2.75, 3.05) is 52.6 Å². The van der Waals surface area contributed by atoms with Gasteiger partial charge in [-0.2, -0.15) is 0 Å². The average Bonchev–Trinajstić information content (AvgIpc) is 2.41. The summed E-state index contributed by atoms with van der Waals surface area (Å²) in [6, 6.07) is -0.132. The molecule has 5 heteroatoms. The van der Waals surface area contributed by atoms with Gasteiger partial charge in [-0.1, -0.05) is 11.8 Å². The highest BCUT2D eigenvalue weighted by atomic mass is 32.2. The van der Waals surface area contributed by atoms with Crippen molar-refractivity contribution in [3.63, 3.8) is 0 Å². The molecule has 114 valence electrons. The van der Waals surface area contributed by atoms with Crippen LogP contribution in [0, 0.1) is 11.8 Å². The van der Waals surface area contributed by atoms with Crippen molar-refractivity contribution >= 4 is 18.0 Å². The van der Waals surface area contributed by atoms with Crippen LogP contribution in [0.1, 0.15) is 13.8 Å². The third-order valence-corrected chi connectivity index (χ3v) is 5.02. The maximum absolute atomic E-state index is 11.0. The molecule has 1 rings (SSSR count). The number of hydrogen-bond donors (Lipinski definition) is 1. The molecule has 0 aliphatic carbocycles. The molecule has 1 N–H and O–H groups in total. The van der Waals surface area contributed by atoms with Crippen molar-refractivity contribution in [3.05, 3.63) is 0 Å². The normalized spacial score (nSPS) is 19.2. The fourth-order valence-corrected chi connectivity index (χ4v) is 3.02. The van der Waals surface area contributed by atoms with Crippen LogP contribution in [0.2, 0.25) is 0 Å². The Kier molecular flexibility index (Phi) is 7.60. The third-order valence-electron chi connectivity index (χ3n) is 3.74. The number of aldehydes is 1. The molecule has 0 aromatic rings. The average molecular weight is 297 g/mol. The van der Waals surface area contributed by atoms with Crippen LogP contribution in [0.15, 0.2) is 0 Å². The molecule has 1 atom stereocenters. The molecular weight excluding hydrogens is 270 g/mol. The summed E-state index contributed by atoms with van der Waals surface area (Å²) in [4.78, 5) is 15.7. The van der Waals surface area contributed by atoms with E-state index in [2.05, 4.69) is 47.9 Å². The van der Waals surface area contributed by atoms with Gasteiger partial charge in [0, 0.05) is 30.9 Å². The Labute approximate surface area is 127 Å². The number of likely N-dealkylation sites (N-methyl/N-ethyl adjacent to an activating group) is 2. The number of hydrogen-bond acceptors (Lipinski definition) is 5. The maximum atomic E-state index is 11.0. The molecular formula is C15H27N3OS. The van der Waals surface area contributed by atoms with E-state index in [0.29, 0.717) is 0 Å². The van der Waals surface area contributed by atoms with Gasteiger partial charge in [0.15, 0.2) is 0 Å². The molecule has 0 bridgehead atoms. The molecule has 4 nitrogen and oxygen atoms in total. The van der Waals surface area contributed by atoms with Crippen LogP contribution in [-0.2, 0) is 4.79 Å². The lowest BCUT2D eigenvalue weighted by atomic mass is 10.1. The lowest BCUT2D eigenvalue weighted by Crippen LogP contribution is -2.44. The Morgan fingerprint density at radius 1 is 1.30 bits per heavy atom. The van der Waals surface area contributed by atoms with Gasteiger partial charge in [0.2, 0.25) is 0 Å². The Morgan fingerprint density at radius 3 is 2.50 bits per heavy atom. The number of nitrogens with one attached hydrogen (secondary N) is 1. The molecule has 0 saturated carbocycles. The summed E-state index contributed by atoms with van der Waals surface area (Å²) < 4.78 is -0.126. The summed E-state index contributed by atoms with van der Waals surface area (Å²) in [6.07, 6.45) is 0.977. The van der Waals surface area contributed by atoms with Gasteiger partial charge in [-0.3, -0.25) is 4.90 Å². The number of rotatable bonds is 6. The predicted octanol–water partition coefficient (Wildman–Crippen LogP) is 0.536. The van der Waals surface area contributed by atoms with Crippen molar-refractivity contribution in [3.8, 4) is 11.8 Å². The predicted molar refractivity (Wildman–Crippen MR) is 87.2 cm³/mol. The van der Waals surface area contributed by atoms with Crippen LogP contribution < -0.4 is 5.32 Å². The van der Waals surface area contributed by atoms with Gasteiger partial charge in [0.1, 0.15) is 6.29 Å². The van der Waals surface area contributed by atoms with Crippen LogP contribution in [0.4, 0.5) is 0 Å². The Balaban J connectivity index is 2.27. The number of carbonyl (C=O) groups is 1. The van der Waals surface area contributed by atoms with E-state index in [9.17, 15) is 4.79 Å². The van der Waals surface area contributed by atoms with Crippen molar-refractivity contribution in [1.82, 2.24) is 15.1 Å². The first kappa shape index (κ1) is 17.5. The second kappa shape index (κ2) is 8.68. The van der Waals surface area contributed by atoms with Crippen molar-refractivity contribution < 1.29 is 4.79 Å². The molecule has 1 aliphatic rings. The van der Waals surface area contributed by atoms with Crippen LogP contribution in [0.3, 0.4) is 0 Å².